The van der Waals surface area contributed by atoms with E-state index in [9.17, 15) is 13.2 Å². The van der Waals surface area contributed by atoms with Crippen LogP contribution in [0.25, 0.3) is 0 Å². The first-order valence-corrected chi connectivity index (χ1v) is 8.01. The standard InChI is InChI=1S/C18H20F3N3/c1-14(15-4-3-7-22-13-15)23-8-10-24(11-9-23)17-6-2-5-16(12-17)18(19,20)21/h2-7,12-14H,8-11H2,1H3/t14-/m0/s1. The molecule has 1 aromatic heterocycles. The van der Waals surface area contributed by atoms with Gasteiger partial charge in [-0.2, -0.15) is 13.2 Å². The highest BCUT2D eigenvalue weighted by Gasteiger charge is 2.31. The van der Waals surface area contributed by atoms with Gasteiger partial charge in [0, 0.05) is 50.3 Å². The van der Waals surface area contributed by atoms with Gasteiger partial charge in [0.15, 0.2) is 0 Å². The molecule has 1 aromatic carbocycles. The van der Waals surface area contributed by atoms with Gasteiger partial charge in [0.05, 0.1) is 5.56 Å². The maximum absolute atomic E-state index is 12.9. The molecule has 0 bridgehead atoms. The van der Waals surface area contributed by atoms with Crippen LogP contribution in [0.3, 0.4) is 0 Å². The van der Waals surface area contributed by atoms with Gasteiger partial charge in [-0.25, -0.2) is 0 Å². The van der Waals surface area contributed by atoms with Crippen LogP contribution in [0.5, 0.6) is 0 Å². The number of piperazine rings is 1. The van der Waals surface area contributed by atoms with Crippen molar-refractivity contribution in [3.63, 3.8) is 0 Å². The Morgan fingerprint density at radius 2 is 1.79 bits per heavy atom. The van der Waals surface area contributed by atoms with E-state index in [1.165, 1.54) is 12.1 Å². The number of nitrogens with zero attached hydrogens (tertiary/aromatic N) is 3. The summed E-state index contributed by atoms with van der Waals surface area (Å²) in [5.41, 5.74) is 1.20. The number of hydrogen-bond acceptors (Lipinski definition) is 3. The molecule has 0 spiro atoms. The molecule has 1 atom stereocenters. The molecule has 6 heteroatoms. The summed E-state index contributed by atoms with van der Waals surface area (Å²) >= 11 is 0. The third kappa shape index (κ3) is 3.70. The molecule has 0 saturated carbocycles. The first-order chi connectivity index (χ1) is 11.4. The van der Waals surface area contributed by atoms with Crippen molar-refractivity contribution in [1.82, 2.24) is 9.88 Å². The predicted octanol–water partition coefficient (Wildman–Crippen LogP) is 3.98. The van der Waals surface area contributed by atoms with E-state index < -0.39 is 11.7 Å². The highest BCUT2D eigenvalue weighted by Crippen LogP contribution is 2.32. The number of anilines is 1. The van der Waals surface area contributed by atoms with Gasteiger partial charge in [0.25, 0.3) is 0 Å². The Morgan fingerprint density at radius 3 is 2.42 bits per heavy atom. The summed E-state index contributed by atoms with van der Waals surface area (Å²) in [6.45, 7) is 5.19. The molecule has 0 N–H and O–H groups in total. The summed E-state index contributed by atoms with van der Waals surface area (Å²) in [6.07, 6.45) is -0.682. The summed E-state index contributed by atoms with van der Waals surface area (Å²) < 4.78 is 38.6. The van der Waals surface area contributed by atoms with E-state index in [4.69, 9.17) is 0 Å². The van der Waals surface area contributed by atoms with Gasteiger partial charge in [-0.05, 0) is 36.8 Å². The van der Waals surface area contributed by atoms with Crippen LogP contribution in [0.1, 0.15) is 24.1 Å². The quantitative estimate of drug-likeness (QED) is 0.846. The van der Waals surface area contributed by atoms with E-state index in [-0.39, 0.29) is 6.04 Å². The second kappa shape index (κ2) is 6.81. The fourth-order valence-electron chi connectivity index (χ4n) is 3.08. The Hall–Kier alpha value is -2.08. The van der Waals surface area contributed by atoms with Crippen LogP contribution in [0.4, 0.5) is 18.9 Å². The number of hydrogen-bond donors (Lipinski definition) is 0. The summed E-state index contributed by atoms with van der Waals surface area (Å²) in [7, 11) is 0. The summed E-state index contributed by atoms with van der Waals surface area (Å²) in [5, 5.41) is 0. The lowest BCUT2D eigenvalue weighted by atomic mass is 10.1. The van der Waals surface area contributed by atoms with Gasteiger partial charge in [-0.1, -0.05) is 12.1 Å². The number of rotatable bonds is 3. The molecule has 0 amide bonds. The van der Waals surface area contributed by atoms with Crippen LogP contribution in [-0.4, -0.2) is 36.1 Å². The lowest BCUT2D eigenvalue weighted by molar-refractivity contribution is -0.137. The Balaban J connectivity index is 1.65. The molecular weight excluding hydrogens is 315 g/mol. The van der Waals surface area contributed by atoms with Crippen LogP contribution in [0.15, 0.2) is 48.8 Å². The molecule has 2 heterocycles. The maximum Gasteiger partial charge on any atom is 0.416 e. The van der Waals surface area contributed by atoms with Gasteiger partial charge in [0.2, 0.25) is 0 Å². The predicted molar refractivity (Wildman–Crippen MR) is 87.9 cm³/mol. The normalized spacial score (nSPS) is 17.8. The van der Waals surface area contributed by atoms with Crippen molar-refractivity contribution < 1.29 is 13.2 Å². The first kappa shape index (κ1) is 16.8. The van der Waals surface area contributed by atoms with Gasteiger partial charge < -0.3 is 4.90 Å². The third-order valence-corrected chi connectivity index (χ3v) is 4.57. The van der Waals surface area contributed by atoms with E-state index in [1.54, 1.807) is 12.3 Å². The zero-order valence-corrected chi connectivity index (χ0v) is 13.5. The van der Waals surface area contributed by atoms with E-state index in [2.05, 4.69) is 22.9 Å². The average Bonchev–Trinajstić information content (AvgIpc) is 2.61. The second-order valence-electron chi connectivity index (χ2n) is 6.03. The Morgan fingerprint density at radius 1 is 1.04 bits per heavy atom. The molecule has 1 fully saturated rings. The zero-order valence-electron chi connectivity index (χ0n) is 13.5. The molecule has 3 nitrogen and oxygen atoms in total. The third-order valence-electron chi connectivity index (χ3n) is 4.57. The van der Waals surface area contributed by atoms with Crippen molar-refractivity contribution in [3.05, 3.63) is 59.9 Å². The number of halogens is 3. The van der Waals surface area contributed by atoms with Crippen molar-refractivity contribution in [2.75, 3.05) is 31.1 Å². The number of benzene rings is 1. The SMILES string of the molecule is C[C@@H](c1cccnc1)N1CCN(c2cccc(C(F)(F)F)c2)CC1. The molecule has 3 rings (SSSR count). The second-order valence-corrected chi connectivity index (χ2v) is 6.03. The largest absolute Gasteiger partial charge is 0.416 e. The van der Waals surface area contributed by atoms with Gasteiger partial charge in [-0.15, -0.1) is 0 Å². The first-order valence-electron chi connectivity index (χ1n) is 8.01. The van der Waals surface area contributed by atoms with E-state index in [0.717, 1.165) is 24.7 Å². The molecular formula is C18H20F3N3. The lowest BCUT2D eigenvalue weighted by Crippen LogP contribution is -2.47. The van der Waals surface area contributed by atoms with Crippen molar-refractivity contribution >= 4 is 5.69 Å². The zero-order chi connectivity index (χ0) is 17.2. The summed E-state index contributed by atoms with van der Waals surface area (Å²) in [4.78, 5) is 8.50. The van der Waals surface area contributed by atoms with Crippen LogP contribution in [0.2, 0.25) is 0 Å². The van der Waals surface area contributed by atoms with E-state index >= 15 is 0 Å². The lowest BCUT2D eigenvalue weighted by Gasteiger charge is -2.39. The fraction of sp³-hybridized carbons (Fsp3) is 0.389. The van der Waals surface area contributed by atoms with Crippen LogP contribution >= 0.6 is 0 Å². The number of alkyl halides is 3. The highest BCUT2D eigenvalue weighted by molar-refractivity contribution is 5.49. The van der Waals surface area contributed by atoms with Crippen LogP contribution < -0.4 is 4.90 Å². The van der Waals surface area contributed by atoms with Gasteiger partial charge >= 0.3 is 6.18 Å². The maximum atomic E-state index is 12.9. The van der Waals surface area contributed by atoms with Crippen molar-refractivity contribution in [3.8, 4) is 0 Å². The number of pyridine rings is 1. The minimum absolute atomic E-state index is 0.252. The van der Waals surface area contributed by atoms with Crippen LogP contribution in [0, 0.1) is 0 Å². The fourth-order valence-corrected chi connectivity index (χ4v) is 3.08. The van der Waals surface area contributed by atoms with Crippen molar-refractivity contribution in [1.29, 1.82) is 0 Å². The highest BCUT2D eigenvalue weighted by atomic mass is 19.4. The Kier molecular flexibility index (Phi) is 4.76. The smallest absolute Gasteiger partial charge is 0.369 e. The minimum Gasteiger partial charge on any atom is -0.369 e. The average molecular weight is 335 g/mol. The Bertz CT molecular complexity index is 665. The van der Waals surface area contributed by atoms with Gasteiger partial charge in [0.1, 0.15) is 0 Å². The molecule has 1 saturated heterocycles. The topological polar surface area (TPSA) is 19.4 Å². The number of aromatic nitrogens is 1. The van der Waals surface area contributed by atoms with Crippen LogP contribution in [-0.2, 0) is 6.18 Å². The van der Waals surface area contributed by atoms with Gasteiger partial charge in [-0.3, -0.25) is 9.88 Å². The molecule has 0 unspecified atom stereocenters. The van der Waals surface area contributed by atoms with Crippen molar-refractivity contribution in [2.24, 2.45) is 0 Å². The molecule has 1 aliphatic heterocycles. The summed E-state index contributed by atoms with van der Waals surface area (Å²) in [6, 6.07) is 9.80. The van der Waals surface area contributed by atoms with E-state index in [1.807, 2.05) is 17.2 Å². The van der Waals surface area contributed by atoms with Crippen molar-refractivity contribution in [2.45, 2.75) is 19.1 Å². The molecule has 0 aliphatic carbocycles. The summed E-state index contributed by atoms with van der Waals surface area (Å²) in [5.74, 6) is 0. The molecule has 128 valence electrons. The molecule has 2 aromatic rings. The Labute approximate surface area is 139 Å². The molecule has 24 heavy (non-hydrogen) atoms. The van der Waals surface area contributed by atoms with E-state index in [0.29, 0.717) is 18.8 Å². The minimum atomic E-state index is -4.30. The molecule has 0 radical (unpaired) electrons. The molecule has 1 aliphatic rings. The monoisotopic (exact) mass is 335 g/mol.